The molecule has 1 aliphatic carbocycles. The van der Waals surface area contributed by atoms with Crippen LogP contribution in [0.15, 0.2) is 64.1 Å². The summed E-state index contributed by atoms with van der Waals surface area (Å²) in [6.07, 6.45) is 0.748. The van der Waals surface area contributed by atoms with Crippen molar-refractivity contribution in [2.75, 3.05) is 4.90 Å². The molecule has 0 radical (unpaired) electrons. The molecule has 3 aliphatic rings. The highest BCUT2D eigenvalue weighted by molar-refractivity contribution is 7.08. The van der Waals surface area contributed by atoms with E-state index in [-0.39, 0.29) is 11.8 Å². The van der Waals surface area contributed by atoms with Crippen LogP contribution in [0.4, 0.5) is 10.5 Å². The zero-order chi connectivity index (χ0) is 25.1. The third kappa shape index (κ3) is 3.86. The Hall–Kier alpha value is -3.39. The summed E-state index contributed by atoms with van der Waals surface area (Å²) in [5, 5.41) is 3.79. The van der Waals surface area contributed by atoms with Crippen molar-refractivity contribution < 1.29 is 23.9 Å². The van der Waals surface area contributed by atoms with Gasteiger partial charge in [-0.15, -0.1) is 0 Å². The van der Waals surface area contributed by atoms with Crippen molar-refractivity contribution in [1.29, 1.82) is 0 Å². The number of fused-ring (bicyclic) bond motifs is 3. The fraction of sp³-hybridized carbons (Fsp3) is 0.370. The number of carbonyl (C=O) groups is 3. The average molecular weight is 493 g/mol. The fourth-order valence-corrected chi connectivity index (χ4v) is 5.65. The zero-order valence-corrected chi connectivity index (χ0v) is 21.2. The molecule has 5 rings (SSSR count). The Morgan fingerprint density at radius 1 is 1.11 bits per heavy atom. The van der Waals surface area contributed by atoms with Gasteiger partial charge >= 0.3 is 6.09 Å². The summed E-state index contributed by atoms with van der Waals surface area (Å²) >= 11 is 1.49. The van der Waals surface area contributed by atoms with Gasteiger partial charge in [-0.1, -0.05) is 24.3 Å². The lowest BCUT2D eigenvalue weighted by Crippen LogP contribution is -2.39. The molecule has 1 aromatic heterocycles. The van der Waals surface area contributed by atoms with Gasteiger partial charge in [-0.05, 0) is 69.2 Å². The molecule has 8 heteroatoms. The Labute approximate surface area is 208 Å². The minimum Gasteiger partial charge on any atom is -0.473 e. The fourth-order valence-electron chi connectivity index (χ4n) is 5.02. The van der Waals surface area contributed by atoms with Gasteiger partial charge in [-0.25, -0.2) is 9.69 Å². The number of hydrogen-bond acceptors (Lipinski definition) is 6. The van der Waals surface area contributed by atoms with Crippen molar-refractivity contribution in [2.45, 2.75) is 58.9 Å². The quantitative estimate of drug-likeness (QED) is 0.427. The largest absolute Gasteiger partial charge is 0.473 e. The molecule has 1 saturated heterocycles. The lowest BCUT2D eigenvalue weighted by Gasteiger charge is -2.27. The summed E-state index contributed by atoms with van der Waals surface area (Å²) in [5.74, 6) is -0.790. The number of ether oxygens (including phenoxy) is 2. The smallest absolute Gasteiger partial charge is 0.417 e. The predicted molar refractivity (Wildman–Crippen MR) is 133 cm³/mol. The van der Waals surface area contributed by atoms with Crippen molar-refractivity contribution in [3.63, 3.8) is 0 Å². The maximum absolute atomic E-state index is 13.6. The van der Waals surface area contributed by atoms with Gasteiger partial charge in [0.2, 0.25) is 6.23 Å². The van der Waals surface area contributed by atoms with E-state index in [1.807, 2.05) is 48.0 Å². The number of rotatable bonds is 3. The van der Waals surface area contributed by atoms with Crippen LogP contribution in [0.5, 0.6) is 0 Å². The molecule has 2 aromatic rings. The Kier molecular flexibility index (Phi) is 5.59. The van der Waals surface area contributed by atoms with E-state index in [0.717, 1.165) is 22.4 Å². The molecule has 2 aliphatic heterocycles. The molecule has 3 amide bonds. The first-order chi connectivity index (χ1) is 16.6. The van der Waals surface area contributed by atoms with Crippen LogP contribution in [0, 0.1) is 5.92 Å². The standard InChI is InChI=1S/C27H28N2O5S/c1-15-16(2)25(28(23(15)30)18-10-11-35-14-18)33-13-21-20-12-17-8-6-7-9-19(17)22(20)29(24(21)31)26(32)34-27(3,4)5/h6-11,13-14,20,22,25H,12H2,1-5H3/b21-13+. The van der Waals surface area contributed by atoms with E-state index < -0.39 is 29.9 Å². The molecule has 0 spiro atoms. The second-order valence-corrected chi connectivity index (χ2v) is 10.9. The number of carbonyl (C=O) groups excluding carboxylic acids is 3. The van der Waals surface area contributed by atoms with Crippen LogP contribution in [0.25, 0.3) is 0 Å². The summed E-state index contributed by atoms with van der Waals surface area (Å²) < 4.78 is 11.8. The topological polar surface area (TPSA) is 76.2 Å². The van der Waals surface area contributed by atoms with Crippen LogP contribution >= 0.6 is 11.3 Å². The monoisotopic (exact) mass is 492 g/mol. The van der Waals surface area contributed by atoms with Gasteiger partial charge in [-0.2, -0.15) is 11.3 Å². The van der Waals surface area contributed by atoms with Gasteiger partial charge in [0, 0.05) is 16.9 Å². The van der Waals surface area contributed by atoms with E-state index in [2.05, 4.69) is 0 Å². The Morgan fingerprint density at radius 2 is 1.86 bits per heavy atom. The van der Waals surface area contributed by atoms with Crippen molar-refractivity contribution in [3.8, 4) is 0 Å². The predicted octanol–water partition coefficient (Wildman–Crippen LogP) is 5.35. The molecule has 3 unspecified atom stereocenters. The summed E-state index contributed by atoms with van der Waals surface area (Å²) in [6.45, 7) is 8.97. The van der Waals surface area contributed by atoms with E-state index in [0.29, 0.717) is 17.6 Å². The Bertz CT molecular complexity index is 1270. The molecular formula is C27H28N2O5S. The van der Waals surface area contributed by atoms with Crippen LogP contribution in [0.3, 0.4) is 0 Å². The number of thiophene rings is 1. The van der Waals surface area contributed by atoms with E-state index >= 15 is 0 Å². The van der Waals surface area contributed by atoms with Crippen LogP contribution < -0.4 is 4.90 Å². The molecule has 0 saturated carbocycles. The number of nitrogens with zero attached hydrogens (tertiary/aromatic N) is 2. The second kappa shape index (κ2) is 8.37. The third-order valence-corrected chi connectivity index (χ3v) is 7.44. The third-order valence-electron chi connectivity index (χ3n) is 6.77. The number of imide groups is 1. The Morgan fingerprint density at radius 3 is 2.54 bits per heavy atom. The molecule has 3 heterocycles. The molecule has 1 fully saturated rings. The zero-order valence-electron chi connectivity index (χ0n) is 20.4. The molecule has 0 bridgehead atoms. The number of hydrogen-bond donors (Lipinski definition) is 0. The minimum atomic E-state index is -0.737. The van der Waals surface area contributed by atoms with Gasteiger partial charge < -0.3 is 9.47 Å². The molecule has 0 N–H and O–H groups in total. The summed E-state index contributed by atoms with van der Waals surface area (Å²) in [4.78, 5) is 42.4. The number of likely N-dealkylation sites (tertiary alicyclic amines) is 1. The van der Waals surface area contributed by atoms with Gasteiger partial charge in [0.15, 0.2) is 0 Å². The minimum absolute atomic E-state index is 0.122. The first-order valence-corrected chi connectivity index (χ1v) is 12.6. The van der Waals surface area contributed by atoms with Gasteiger partial charge in [0.1, 0.15) is 5.60 Å². The molecule has 182 valence electrons. The van der Waals surface area contributed by atoms with E-state index in [9.17, 15) is 14.4 Å². The van der Waals surface area contributed by atoms with Crippen LogP contribution in [-0.2, 0) is 25.5 Å². The highest BCUT2D eigenvalue weighted by Crippen LogP contribution is 2.50. The van der Waals surface area contributed by atoms with Crippen molar-refractivity contribution in [1.82, 2.24) is 4.90 Å². The first-order valence-electron chi connectivity index (χ1n) is 11.6. The van der Waals surface area contributed by atoms with Gasteiger partial charge in [-0.3, -0.25) is 14.5 Å². The highest BCUT2D eigenvalue weighted by atomic mass is 32.1. The summed E-state index contributed by atoms with van der Waals surface area (Å²) in [5.41, 5.74) is 3.88. The maximum Gasteiger partial charge on any atom is 0.417 e. The molecule has 35 heavy (non-hydrogen) atoms. The number of benzene rings is 1. The van der Waals surface area contributed by atoms with Crippen LogP contribution in [0.1, 0.15) is 51.8 Å². The average Bonchev–Trinajstić information content (AvgIpc) is 3.53. The van der Waals surface area contributed by atoms with Crippen LogP contribution in [-0.4, -0.2) is 34.6 Å². The van der Waals surface area contributed by atoms with Crippen LogP contribution in [0.2, 0.25) is 0 Å². The normalized spacial score (nSPS) is 24.9. The molecule has 7 nitrogen and oxygen atoms in total. The lowest BCUT2D eigenvalue weighted by molar-refractivity contribution is -0.125. The first kappa shape index (κ1) is 23.4. The number of amides is 3. The van der Waals surface area contributed by atoms with Gasteiger partial charge in [0.25, 0.3) is 11.8 Å². The summed E-state index contributed by atoms with van der Waals surface area (Å²) in [7, 11) is 0. The molecule has 1 aromatic carbocycles. The van der Waals surface area contributed by atoms with Crippen molar-refractivity contribution in [3.05, 3.63) is 75.2 Å². The SMILES string of the molecule is CC1=C(C)C(O/C=C2/C(=O)N(C(=O)OC(C)(C)C)C3c4ccccc4CC23)N(c2ccsc2)C1=O. The van der Waals surface area contributed by atoms with Crippen molar-refractivity contribution >= 4 is 34.9 Å². The van der Waals surface area contributed by atoms with E-state index in [1.54, 1.807) is 32.6 Å². The Balaban J connectivity index is 1.50. The second-order valence-electron chi connectivity index (χ2n) is 10.1. The lowest BCUT2D eigenvalue weighted by atomic mass is 9.97. The van der Waals surface area contributed by atoms with E-state index in [4.69, 9.17) is 9.47 Å². The summed E-state index contributed by atoms with van der Waals surface area (Å²) in [6, 6.07) is 9.27. The molecule has 3 atom stereocenters. The highest BCUT2D eigenvalue weighted by Gasteiger charge is 2.53. The maximum atomic E-state index is 13.6. The number of anilines is 1. The van der Waals surface area contributed by atoms with Crippen molar-refractivity contribution in [2.24, 2.45) is 5.92 Å². The molecular weight excluding hydrogens is 464 g/mol. The van der Waals surface area contributed by atoms with Gasteiger partial charge in [0.05, 0.1) is 23.6 Å². The van der Waals surface area contributed by atoms with E-state index in [1.165, 1.54) is 22.5 Å².